The molecule has 0 radical (unpaired) electrons. The zero-order valence-corrected chi connectivity index (χ0v) is 16.4. The number of nitrogens with two attached hydrogens (primary N) is 2. The molecular weight excluding hydrogens is 397 g/mol. The van der Waals surface area contributed by atoms with E-state index in [1.165, 1.54) is 4.90 Å². The SMILES string of the molecule is CC(C)(C)OC(=O)N1CCC(C(N)=C2C(N)=NC(O)C(O)C2(O)C(F)(F)F)CC1. The molecule has 1 saturated heterocycles. The molecule has 0 aliphatic carbocycles. The fourth-order valence-electron chi connectivity index (χ4n) is 3.42. The number of aliphatic imine (C=N–C) groups is 1. The standard InChI is InChI=1S/C17H27F3N4O5/c1-15(2,3)29-14(27)24-6-4-8(5-7-24)10(21)9-12(22)23-13(26)11(25)16(9,28)17(18,19)20/h8,11,13,25-26,28H,4-7,21H2,1-3H3,(H2,22,23). The number of allylic oxidation sites excluding steroid dienone is 1. The number of hydrogen-bond acceptors (Lipinski definition) is 8. The van der Waals surface area contributed by atoms with Crippen molar-refractivity contribution in [3.8, 4) is 0 Å². The second-order valence-corrected chi connectivity index (χ2v) is 8.21. The molecule has 2 rings (SSSR count). The molecule has 12 heteroatoms. The molecule has 3 atom stereocenters. The number of alkyl halides is 3. The zero-order valence-electron chi connectivity index (χ0n) is 16.4. The number of halogens is 3. The van der Waals surface area contributed by atoms with E-state index in [-0.39, 0.29) is 31.6 Å². The van der Waals surface area contributed by atoms with Crippen LogP contribution in [-0.4, -0.2) is 74.9 Å². The van der Waals surface area contributed by atoms with E-state index in [0.29, 0.717) is 0 Å². The Bertz CT molecular complexity index is 711. The van der Waals surface area contributed by atoms with Gasteiger partial charge in [0.25, 0.3) is 0 Å². The molecule has 166 valence electrons. The van der Waals surface area contributed by atoms with Crippen LogP contribution >= 0.6 is 0 Å². The smallest absolute Gasteiger partial charge is 0.424 e. The van der Waals surface area contributed by atoms with Gasteiger partial charge in [0.1, 0.15) is 17.5 Å². The number of likely N-dealkylation sites (tertiary alicyclic amines) is 1. The third-order valence-electron chi connectivity index (χ3n) is 4.93. The van der Waals surface area contributed by atoms with E-state index in [9.17, 15) is 33.3 Å². The van der Waals surface area contributed by atoms with Crippen LogP contribution in [0.4, 0.5) is 18.0 Å². The normalized spacial score (nSPS) is 31.3. The van der Waals surface area contributed by atoms with Crippen LogP contribution in [0.25, 0.3) is 0 Å². The molecule has 29 heavy (non-hydrogen) atoms. The molecule has 1 amide bonds. The van der Waals surface area contributed by atoms with Crippen LogP contribution in [0.15, 0.2) is 16.3 Å². The lowest BCUT2D eigenvalue weighted by atomic mass is 9.78. The predicted molar refractivity (Wildman–Crippen MR) is 96.4 cm³/mol. The molecule has 0 aromatic carbocycles. The Morgan fingerprint density at radius 1 is 1.24 bits per heavy atom. The summed E-state index contributed by atoms with van der Waals surface area (Å²) in [5, 5.41) is 29.7. The Hall–Kier alpha value is -2.05. The minimum atomic E-state index is -5.37. The first-order valence-corrected chi connectivity index (χ1v) is 9.06. The number of nitrogens with zero attached hydrogens (tertiary/aromatic N) is 2. The van der Waals surface area contributed by atoms with Gasteiger partial charge in [0.05, 0.1) is 5.57 Å². The van der Waals surface area contributed by atoms with Gasteiger partial charge in [-0.3, -0.25) is 0 Å². The summed E-state index contributed by atoms with van der Waals surface area (Å²) in [6.45, 7) is 5.47. The second kappa shape index (κ2) is 7.65. The molecule has 2 aliphatic rings. The van der Waals surface area contributed by atoms with E-state index in [4.69, 9.17) is 16.2 Å². The van der Waals surface area contributed by atoms with Gasteiger partial charge in [-0.15, -0.1) is 0 Å². The minimum Gasteiger partial charge on any atom is -0.444 e. The number of rotatable bonds is 1. The van der Waals surface area contributed by atoms with Gasteiger partial charge in [-0.05, 0) is 33.6 Å². The maximum Gasteiger partial charge on any atom is 0.424 e. The van der Waals surface area contributed by atoms with Gasteiger partial charge in [-0.25, -0.2) is 9.79 Å². The lowest BCUT2D eigenvalue weighted by Gasteiger charge is -2.42. The number of carbonyl (C=O) groups excluding carboxylic acids is 1. The van der Waals surface area contributed by atoms with Gasteiger partial charge in [-0.2, -0.15) is 13.2 Å². The Balaban J connectivity index is 2.30. The van der Waals surface area contributed by atoms with E-state index in [0.717, 1.165) is 0 Å². The first-order chi connectivity index (χ1) is 13.1. The topological polar surface area (TPSA) is 155 Å². The summed E-state index contributed by atoms with van der Waals surface area (Å²) < 4.78 is 46.2. The van der Waals surface area contributed by atoms with Crippen LogP contribution < -0.4 is 11.5 Å². The van der Waals surface area contributed by atoms with Crippen molar-refractivity contribution in [1.82, 2.24) is 4.90 Å². The average molecular weight is 424 g/mol. The maximum atomic E-state index is 13.6. The lowest BCUT2D eigenvalue weighted by Crippen LogP contribution is -2.65. The number of aliphatic hydroxyl groups is 3. The molecule has 2 heterocycles. The van der Waals surface area contributed by atoms with Crippen molar-refractivity contribution in [3.05, 3.63) is 11.3 Å². The van der Waals surface area contributed by atoms with Gasteiger partial charge in [0.15, 0.2) is 6.23 Å². The summed E-state index contributed by atoms with van der Waals surface area (Å²) in [5.74, 6) is -1.46. The molecule has 2 aliphatic heterocycles. The summed E-state index contributed by atoms with van der Waals surface area (Å²) in [4.78, 5) is 16.9. The van der Waals surface area contributed by atoms with Crippen molar-refractivity contribution in [2.45, 2.75) is 63.3 Å². The monoisotopic (exact) mass is 424 g/mol. The molecule has 9 nitrogen and oxygen atoms in total. The maximum absolute atomic E-state index is 13.6. The highest BCUT2D eigenvalue weighted by molar-refractivity contribution is 6.00. The molecule has 0 saturated carbocycles. The molecular formula is C17H27F3N4O5. The number of hydrogen-bond donors (Lipinski definition) is 5. The third-order valence-corrected chi connectivity index (χ3v) is 4.93. The Morgan fingerprint density at radius 2 is 1.76 bits per heavy atom. The molecule has 3 unspecified atom stereocenters. The Kier molecular flexibility index (Phi) is 6.13. The number of carbonyl (C=O) groups is 1. The van der Waals surface area contributed by atoms with E-state index in [2.05, 4.69) is 4.99 Å². The van der Waals surface area contributed by atoms with Crippen molar-refractivity contribution < 1.29 is 38.0 Å². The van der Waals surface area contributed by atoms with Gasteiger partial charge < -0.3 is 36.4 Å². The van der Waals surface area contributed by atoms with E-state index >= 15 is 0 Å². The van der Waals surface area contributed by atoms with Crippen LogP contribution in [0.3, 0.4) is 0 Å². The van der Waals surface area contributed by atoms with Gasteiger partial charge in [-0.1, -0.05) is 0 Å². The highest BCUT2D eigenvalue weighted by Gasteiger charge is 2.66. The number of piperidine rings is 1. The minimum absolute atomic E-state index is 0.167. The van der Waals surface area contributed by atoms with Crippen LogP contribution in [-0.2, 0) is 4.74 Å². The van der Waals surface area contributed by atoms with Crippen LogP contribution in [0.5, 0.6) is 0 Å². The van der Waals surface area contributed by atoms with Crippen molar-refractivity contribution in [1.29, 1.82) is 0 Å². The summed E-state index contributed by atoms with van der Waals surface area (Å²) >= 11 is 0. The van der Waals surface area contributed by atoms with Gasteiger partial charge >= 0.3 is 12.3 Å². The van der Waals surface area contributed by atoms with Crippen molar-refractivity contribution in [3.63, 3.8) is 0 Å². The van der Waals surface area contributed by atoms with Gasteiger partial charge in [0.2, 0.25) is 5.60 Å². The molecule has 0 bridgehead atoms. The first-order valence-electron chi connectivity index (χ1n) is 9.06. The van der Waals surface area contributed by atoms with Crippen molar-refractivity contribution >= 4 is 11.9 Å². The molecule has 0 aromatic heterocycles. The predicted octanol–water partition coefficient (Wildman–Crippen LogP) is 0.190. The lowest BCUT2D eigenvalue weighted by molar-refractivity contribution is -0.284. The molecule has 0 spiro atoms. The van der Waals surface area contributed by atoms with Gasteiger partial charge in [0, 0.05) is 24.7 Å². The quantitative estimate of drug-likeness (QED) is 0.402. The number of amides is 1. The van der Waals surface area contributed by atoms with Crippen LogP contribution in [0.1, 0.15) is 33.6 Å². The van der Waals surface area contributed by atoms with E-state index < -0.39 is 53.1 Å². The van der Waals surface area contributed by atoms with Crippen LogP contribution in [0.2, 0.25) is 0 Å². The molecule has 7 N–H and O–H groups in total. The van der Waals surface area contributed by atoms with Crippen molar-refractivity contribution in [2.75, 3.05) is 13.1 Å². The summed E-state index contributed by atoms with van der Waals surface area (Å²) in [7, 11) is 0. The Labute approximate surface area is 165 Å². The summed E-state index contributed by atoms with van der Waals surface area (Å²) in [5.41, 5.74) is 5.59. The summed E-state index contributed by atoms with van der Waals surface area (Å²) in [6.07, 6.45) is -10.5. The first kappa shape index (κ1) is 23.2. The fourth-order valence-corrected chi connectivity index (χ4v) is 3.42. The average Bonchev–Trinajstić information content (AvgIpc) is 2.57. The Morgan fingerprint density at radius 3 is 2.21 bits per heavy atom. The highest BCUT2D eigenvalue weighted by Crippen LogP contribution is 2.44. The third kappa shape index (κ3) is 4.43. The van der Waals surface area contributed by atoms with E-state index in [1.54, 1.807) is 20.8 Å². The molecule has 1 fully saturated rings. The largest absolute Gasteiger partial charge is 0.444 e. The number of ether oxygens (including phenoxy) is 1. The van der Waals surface area contributed by atoms with Crippen molar-refractivity contribution in [2.24, 2.45) is 22.4 Å². The van der Waals surface area contributed by atoms with Crippen LogP contribution in [0, 0.1) is 5.92 Å². The highest BCUT2D eigenvalue weighted by atomic mass is 19.4. The van der Waals surface area contributed by atoms with E-state index in [1.807, 2.05) is 0 Å². The second-order valence-electron chi connectivity index (χ2n) is 8.21. The summed E-state index contributed by atoms with van der Waals surface area (Å²) in [6, 6.07) is 0. The molecule has 0 aromatic rings. The number of aliphatic hydroxyl groups excluding tert-OH is 2. The fraction of sp³-hybridized carbons (Fsp3) is 0.765. The number of amidine groups is 1. The zero-order chi connectivity index (χ0) is 22.4.